The molecule has 0 aromatic carbocycles. The fourth-order valence-electron chi connectivity index (χ4n) is 1.37. The number of hydrogen-bond acceptors (Lipinski definition) is 3. The average Bonchev–Trinajstić information content (AvgIpc) is 2.55. The van der Waals surface area contributed by atoms with E-state index in [2.05, 4.69) is 17.8 Å². The molecule has 2 rings (SSSR count). The molecule has 0 amide bonds. The van der Waals surface area contributed by atoms with Crippen LogP contribution in [0.4, 0.5) is 0 Å². The summed E-state index contributed by atoms with van der Waals surface area (Å²) in [5.41, 5.74) is 6.31. The molecule has 3 nitrogen and oxygen atoms in total. The van der Waals surface area contributed by atoms with Gasteiger partial charge in [-0.2, -0.15) is 0 Å². The minimum atomic E-state index is 0.128. The highest BCUT2D eigenvalue weighted by atomic mass is 16.3. The van der Waals surface area contributed by atoms with Gasteiger partial charge in [-0.05, 0) is 19.1 Å². The summed E-state index contributed by atoms with van der Waals surface area (Å²) in [5.74, 6) is 1.05. The molecule has 60 valence electrons. The molecule has 0 spiro atoms. The van der Waals surface area contributed by atoms with Crippen LogP contribution < -0.4 is 10.9 Å². The Kier molecular flexibility index (Phi) is 1.47. The molecular formula is C8H12N2O. The lowest BCUT2D eigenvalue weighted by Gasteiger charge is -2.17. The van der Waals surface area contributed by atoms with Gasteiger partial charge >= 0.3 is 0 Å². The average molecular weight is 152 g/mol. The second kappa shape index (κ2) is 2.36. The van der Waals surface area contributed by atoms with Crippen molar-refractivity contribution in [1.29, 1.82) is 0 Å². The predicted molar refractivity (Wildman–Crippen MR) is 42.1 cm³/mol. The Morgan fingerprint density at radius 3 is 2.73 bits per heavy atom. The van der Waals surface area contributed by atoms with Gasteiger partial charge in [-0.1, -0.05) is 0 Å². The second-order valence-electron chi connectivity index (χ2n) is 3.25. The first-order chi connectivity index (χ1) is 5.31. The summed E-state index contributed by atoms with van der Waals surface area (Å²) in [6.45, 7) is 4.04. The summed E-state index contributed by atoms with van der Waals surface area (Å²) in [6.07, 6.45) is 1.72. The smallest absolute Gasteiger partial charge is 0.112 e. The minimum absolute atomic E-state index is 0.128. The third-order valence-electron chi connectivity index (χ3n) is 2.20. The van der Waals surface area contributed by atoms with E-state index in [4.69, 9.17) is 4.42 Å². The van der Waals surface area contributed by atoms with Crippen LogP contribution in [0.1, 0.15) is 12.7 Å². The molecule has 0 aliphatic carbocycles. The van der Waals surface area contributed by atoms with E-state index in [0.717, 1.165) is 18.8 Å². The summed E-state index contributed by atoms with van der Waals surface area (Å²) in [5, 5.41) is 0. The van der Waals surface area contributed by atoms with Gasteiger partial charge in [0.05, 0.1) is 11.7 Å². The maximum absolute atomic E-state index is 5.34. The van der Waals surface area contributed by atoms with E-state index in [9.17, 15) is 0 Å². The van der Waals surface area contributed by atoms with Crippen molar-refractivity contribution >= 4 is 0 Å². The zero-order chi connectivity index (χ0) is 7.73. The van der Waals surface area contributed by atoms with Gasteiger partial charge in [0.25, 0.3) is 0 Å². The molecule has 2 heterocycles. The third kappa shape index (κ3) is 1.06. The molecule has 0 radical (unpaired) electrons. The van der Waals surface area contributed by atoms with Gasteiger partial charge in [0, 0.05) is 13.1 Å². The first kappa shape index (κ1) is 6.88. The Morgan fingerprint density at radius 1 is 1.45 bits per heavy atom. The largest absolute Gasteiger partial charge is 0.469 e. The van der Waals surface area contributed by atoms with Crippen molar-refractivity contribution in [1.82, 2.24) is 10.9 Å². The lowest BCUT2D eigenvalue weighted by atomic mass is 9.89. The number of rotatable bonds is 1. The summed E-state index contributed by atoms with van der Waals surface area (Å²) in [7, 11) is 0. The van der Waals surface area contributed by atoms with Crippen LogP contribution in [-0.4, -0.2) is 13.1 Å². The summed E-state index contributed by atoms with van der Waals surface area (Å²) >= 11 is 0. The van der Waals surface area contributed by atoms with Gasteiger partial charge in [-0.15, -0.1) is 0 Å². The highest BCUT2D eigenvalue weighted by Crippen LogP contribution is 2.24. The second-order valence-corrected chi connectivity index (χ2v) is 3.25. The minimum Gasteiger partial charge on any atom is -0.469 e. The zero-order valence-corrected chi connectivity index (χ0v) is 6.55. The molecular weight excluding hydrogens is 140 g/mol. The van der Waals surface area contributed by atoms with Crippen molar-refractivity contribution in [2.45, 2.75) is 12.3 Å². The van der Waals surface area contributed by atoms with Crippen molar-refractivity contribution in [3.8, 4) is 0 Å². The van der Waals surface area contributed by atoms with E-state index >= 15 is 0 Å². The van der Waals surface area contributed by atoms with E-state index in [1.165, 1.54) is 0 Å². The third-order valence-corrected chi connectivity index (χ3v) is 2.20. The molecule has 0 atom stereocenters. The van der Waals surface area contributed by atoms with Crippen molar-refractivity contribution in [3.05, 3.63) is 24.2 Å². The summed E-state index contributed by atoms with van der Waals surface area (Å²) < 4.78 is 5.34. The van der Waals surface area contributed by atoms with E-state index in [1.807, 2.05) is 12.1 Å². The Morgan fingerprint density at radius 2 is 2.18 bits per heavy atom. The van der Waals surface area contributed by atoms with Crippen LogP contribution in [0.5, 0.6) is 0 Å². The van der Waals surface area contributed by atoms with E-state index in [0.29, 0.717) is 0 Å². The molecule has 1 fully saturated rings. The molecule has 1 saturated heterocycles. The quantitative estimate of drug-likeness (QED) is 0.620. The van der Waals surface area contributed by atoms with Crippen molar-refractivity contribution in [2.75, 3.05) is 13.1 Å². The molecule has 1 aliphatic rings. The van der Waals surface area contributed by atoms with E-state index in [1.54, 1.807) is 6.26 Å². The van der Waals surface area contributed by atoms with E-state index in [-0.39, 0.29) is 5.41 Å². The van der Waals surface area contributed by atoms with Crippen molar-refractivity contribution in [3.63, 3.8) is 0 Å². The van der Waals surface area contributed by atoms with Crippen LogP contribution >= 0.6 is 0 Å². The van der Waals surface area contributed by atoms with Gasteiger partial charge in [0.2, 0.25) is 0 Å². The Bertz CT molecular complexity index is 224. The summed E-state index contributed by atoms with van der Waals surface area (Å²) in [6, 6.07) is 3.95. The van der Waals surface area contributed by atoms with E-state index < -0.39 is 0 Å². The predicted octanol–water partition coefficient (Wildman–Crippen LogP) is 0.645. The molecule has 1 aromatic rings. The lowest BCUT2D eigenvalue weighted by Crippen LogP contribution is -2.26. The Labute approximate surface area is 65.7 Å². The molecule has 0 saturated carbocycles. The van der Waals surface area contributed by atoms with Crippen LogP contribution in [0.2, 0.25) is 0 Å². The summed E-state index contributed by atoms with van der Waals surface area (Å²) in [4.78, 5) is 0. The first-order valence-corrected chi connectivity index (χ1v) is 3.81. The fraction of sp³-hybridized carbons (Fsp3) is 0.500. The molecule has 1 aliphatic heterocycles. The maximum Gasteiger partial charge on any atom is 0.112 e. The topological polar surface area (TPSA) is 37.2 Å². The number of furan rings is 1. The van der Waals surface area contributed by atoms with Crippen molar-refractivity contribution < 1.29 is 4.42 Å². The van der Waals surface area contributed by atoms with Gasteiger partial charge in [-0.25, -0.2) is 0 Å². The highest BCUT2D eigenvalue weighted by Gasteiger charge is 2.32. The molecule has 2 N–H and O–H groups in total. The molecule has 0 unspecified atom stereocenters. The normalized spacial score (nSPS) is 22.3. The van der Waals surface area contributed by atoms with Crippen LogP contribution in [0.3, 0.4) is 0 Å². The Balaban J connectivity index is 2.27. The van der Waals surface area contributed by atoms with Gasteiger partial charge in [0.15, 0.2) is 0 Å². The van der Waals surface area contributed by atoms with Crippen LogP contribution in [0, 0.1) is 0 Å². The lowest BCUT2D eigenvalue weighted by molar-refractivity contribution is 0.397. The Hall–Kier alpha value is -0.800. The first-order valence-electron chi connectivity index (χ1n) is 3.81. The fourth-order valence-corrected chi connectivity index (χ4v) is 1.37. The SMILES string of the molecule is CC1(c2ccco2)CNNC1. The highest BCUT2D eigenvalue weighted by molar-refractivity contribution is 5.15. The van der Waals surface area contributed by atoms with Crippen LogP contribution in [-0.2, 0) is 5.41 Å². The van der Waals surface area contributed by atoms with Crippen molar-refractivity contribution in [2.24, 2.45) is 0 Å². The maximum atomic E-state index is 5.34. The van der Waals surface area contributed by atoms with Crippen LogP contribution in [0.15, 0.2) is 22.8 Å². The number of hydrogen-bond donors (Lipinski definition) is 2. The monoisotopic (exact) mass is 152 g/mol. The van der Waals surface area contributed by atoms with Gasteiger partial charge in [-0.3, -0.25) is 10.9 Å². The standard InChI is InChI=1S/C8H12N2O/c1-8(5-9-10-6-8)7-3-2-4-11-7/h2-4,9-10H,5-6H2,1H3. The molecule has 0 bridgehead atoms. The number of nitrogens with one attached hydrogen (secondary N) is 2. The zero-order valence-electron chi connectivity index (χ0n) is 6.55. The van der Waals surface area contributed by atoms with Crippen LogP contribution in [0.25, 0.3) is 0 Å². The number of hydrazine groups is 1. The van der Waals surface area contributed by atoms with Gasteiger partial charge in [0.1, 0.15) is 5.76 Å². The molecule has 1 aromatic heterocycles. The molecule has 11 heavy (non-hydrogen) atoms. The van der Waals surface area contributed by atoms with Gasteiger partial charge < -0.3 is 4.42 Å². The molecule has 3 heteroatoms.